The number of hydrogen-bond donors (Lipinski definition) is 0. The highest BCUT2D eigenvalue weighted by atomic mass is 16.3. The lowest BCUT2D eigenvalue weighted by atomic mass is 10.1. The number of carbonyl (C=O) groups is 1. The van der Waals surface area contributed by atoms with E-state index in [1.165, 1.54) is 6.26 Å². The van der Waals surface area contributed by atoms with E-state index in [4.69, 9.17) is 4.42 Å². The first kappa shape index (κ1) is 11.9. The molecule has 5 heteroatoms. The molecule has 1 aliphatic heterocycles. The van der Waals surface area contributed by atoms with Crippen LogP contribution in [0.4, 0.5) is 0 Å². The fraction of sp³-hybridized carbons (Fsp3) is 0.357. The largest absolute Gasteiger partial charge is 0.448 e. The zero-order chi connectivity index (χ0) is 13.2. The predicted octanol–water partition coefficient (Wildman–Crippen LogP) is 2.36. The average molecular weight is 257 g/mol. The highest BCUT2D eigenvalue weighted by Crippen LogP contribution is 2.31. The van der Waals surface area contributed by atoms with E-state index in [1.54, 1.807) is 13.1 Å². The molecule has 3 heterocycles. The number of pyridine rings is 1. The van der Waals surface area contributed by atoms with E-state index in [1.807, 2.05) is 23.1 Å². The van der Waals surface area contributed by atoms with E-state index in [9.17, 15) is 4.79 Å². The monoisotopic (exact) mass is 257 g/mol. The molecule has 1 fully saturated rings. The van der Waals surface area contributed by atoms with Crippen molar-refractivity contribution in [2.75, 3.05) is 6.54 Å². The van der Waals surface area contributed by atoms with Gasteiger partial charge in [0.25, 0.3) is 5.91 Å². The topological polar surface area (TPSA) is 59.2 Å². The van der Waals surface area contributed by atoms with Gasteiger partial charge in [-0.05, 0) is 25.0 Å². The Morgan fingerprint density at radius 2 is 2.37 bits per heavy atom. The number of hydrogen-bond acceptors (Lipinski definition) is 4. The van der Waals surface area contributed by atoms with Gasteiger partial charge in [-0.3, -0.25) is 9.78 Å². The Hall–Kier alpha value is -2.17. The first-order valence-corrected chi connectivity index (χ1v) is 6.40. The second kappa shape index (κ2) is 4.84. The van der Waals surface area contributed by atoms with E-state index >= 15 is 0 Å². The molecule has 98 valence electrons. The van der Waals surface area contributed by atoms with Gasteiger partial charge in [-0.1, -0.05) is 6.07 Å². The number of likely N-dealkylation sites (tertiary alicyclic amines) is 1. The maximum atomic E-state index is 12.4. The van der Waals surface area contributed by atoms with Crippen LogP contribution < -0.4 is 0 Å². The van der Waals surface area contributed by atoms with E-state index in [0.29, 0.717) is 11.6 Å². The molecule has 0 radical (unpaired) electrons. The van der Waals surface area contributed by atoms with Crippen molar-refractivity contribution in [3.63, 3.8) is 0 Å². The Balaban J connectivity index is 1.86. The van der Waals surface area contributed by atoms with Crippen LogP contribution in [-0.2, 0) is 0 Å². The van der Waals surface area contributed by atoms with Gasteiger partial charge in [0.05, 0.1) is 11.7 Å². The van der Waals surface area contributed by atoms with Crippen LogP contribution in [0, 0.1) is 6.92 Å². The summed E-state index contributed by atoms with van der Waals surface area (Å²) in [4.78, 5) is 22.7. The first-order valence-electron chi connectivity index (χ1n) is 6.40. The van der Waals surface area contributed by atoms with Crippen LogP contribution in [0.1, 0.15) is 41.0 Å². The number of nitrogens with zero attached hydrogens (tertiary/aromatic N) is 3. The Kier molecular flexibility index (Phi) is 3.03. The van der Waals surface area contributed by atoms with Gasteiger partial charge in [-0.2, -0.15) is 0 Å². The van der Waals surface area contributed by atoms with Crippen LogP contribution in [0.3, 0.4) is 0 Å². The molecule has 2 aromatic heterocycles. The maximum Gasteiger partial charge on any atom is 0.276 e. The zero-order valence-electron chi connectivity index (χ0n) is 10.7. The van der Waals surface area contributed by atoms with Crippen molar-refractivity contribution in [3.05, 3.63) is 47.9 Å². The molecule has 3 rings (SSSR count). The summed E-state index contributed by atoms with van der Waals surface area (Å²) in [6.45, 7) is 2.48. The Morgan fingerprint density at radius 1 is 1.47 bits per heavy atom. The molecule has 0 N–H and O–H groups in total. The molecule has 0 bridgehead atoms. The molecule has 0 saturated carbocycles. The van der Waals surface area contributed by atoms with Crippen molar-refractivity contribution in [3.8, 4) is 0 Å². The van der Waals surface area contributed by atoms with Crippen molar-refractivity contribution in [2.24, 2.45) is 0 Å². The van der Waals surface area contributed by atoms with Crippen LogP contribution in [-0.4, -0.2) is 27.3 Å². The third-order valence-electron chi connectivity index (χ3n) is 3.38. The lowest BCUT2D eigenvalue weighted by Gasteiger charge is -2.23. The summed E-state index contributed by atoms with van der Waals surface area (Å²) in [6.07, 6.45) is 5.12. The fourth-order valence-electron chi connectivity index (χ4n) is 2.50. The summed E-state index contributed by atoms with van der Waals surface area (Å²) in [5, 5.41) is 0. The molecular weight excluding hydrogens is 242 g/mol. The summed E-state index contributed by atoms with van der Waals surface area (Å²) < 4.78 is 5.11. The Bertz CT molecular complexity index is 579. The predicted molar refractivity (Wildman–Crippen MR) is 68.5 cm³/mol. The lowest BCUT2D eigenvalue weighted by molar-refractivity contribution is 0.0727. The van der Waals surface area contributed by atoms with E-state index < -0.39 is 0 Å². The lowest BCUT2D eigenvalue weighted by Crippen LogP contribution is -2.31. The van der Waals surface area contributed by atoms with Crippen LogP contribution in [0.5, 0.6) is 0 Å². The zero-order valence-corrected chi connectivity index (χ0v) is 10.7. The summed E-state index contributed by atoms with van der Waals surface area (Å²) in [7, 11) is 0. The number of carbonyl (C=O) groups excluding carboxylic acids is 1. The standard InChI is InChI=1S/C14H15N3O2/c1-10-16-12(9-19-10)14(18)17-8-4-6-13(17)11-5-2-3-7-15-11/h2-3,5,7,9,13H,4,6,8H2,1H3/t13-/m0/s1. The summed E-state index contributed by atoms with van der Waals surface area (Å²) in [6, 6.07) is 5.84. The SMILES string of the molecule is Cc1nc(C(=O)N2CCC[C@H]2c2ccccn2)co1. The summed E-state index contributed by atoms with van der Waals surface area (Å²) in [5.41, 5.74) is 1.31. The molecule has 0 spiro atoms. The minimum atomic E-state index is -0.0787. The van der Waals surface area contributed by atoms with Crippen LogP contribution in [0.2, 0.25) is 0 Å². The smallest absolute Gasteiger partial charge is 0.276 e. The molecule has 0 aromatic carbocycles. The van der Waals surface area contributed by atoms with Gasteiger partial charge in [0.1, 0.15) is 6.26 Å². The molecule has 19 heavy (non-hydrogen) atoms. The normalized spacial score (nSPS) is 18.8. The van der Waals surface area contributed by atoms with Crippen molar-refractivity contribution < 1.29 is 9.21 Å². The molecule has 1 aliphatic rings. The molecular formula is C14H15N3O2. The molecule has 0 unspecified atom stereocenters. The molecule has 1 saturated heterocycles. The van der Waals surface area contributed by atoms with Gasteiger partial charge in [-0.25, -0.2) is 4.98 Å². The Morgan fingerprint density at radius 3 is 3.05 bits per heavy atom. The second-order valence-corrected chi connectivity index (χ2v) is 4.66. The highest BCUT2D eigenvalue weighted by molar-refractivity contribution is 5.92. The number of aromatic nitrogens is 2. The van der Waals surface area contributed by atoms with Crippen molar-refractivity contribution >= 4 is 5.91 Å². The first-order chi connectivity index (χ1) is 9.25. The molecule has 1 amide bonds. The minimum Gasteiger partial charge on any atom is -0.448 e. The van der Waals surface area contributed by atoms with Gasteiger partial charge >= 0.3 is 0 Å². The van der Waals surface area contributed by atoms with Gasteiger partial charge in [0.15, 0.2) is 11.6 Å². The number of aryl methyl sites for hydroxylation is 1. The van der Waals surface area contributed by atoms with Gasteiger partial charge < -0.3 is 9.32 Å². The van der Waals surface area contributed by atoms with E-state index in [2.05, 4.69) is 9.97 Å². The van der Waals surface area contributed by atoms with Crippen molar-refractivity contribution in [2.45, 2.75) is 25.8 Å². The van der Waals surface area contributed by atoms with Crippen molar-refractivity contribution in [1.82, 2.24) is 14.9 Å². The fourth-order valence-corrected chi connectivity index (χ4v) is 2.50. The second-order valence-electron chi connectivity index (χ2n) is 4.66. The molecule has 5 nitrogen and oxygen atoms in total. The minimum absolute atomic E-state index is 0.0470. The van der Waals surface area contributed by atoms with E-state index in [-0.39, 0.29) is 11.9 Å². The molecule has 0 aliphatic carbocycles. The average Bonchev–Trinajstić information content (AvgIpc) is 3.07. The molecule has 1 atom stereocenters. The van der Waals surface area contributed by atoms with Gasteiger partial charge in [-0.15, -0.1) is 0 Å². The summed E-state index contributed by atoms with van der Waals surface area (Å²) >= 11 is 0. The van der Waals surface area contributed by atoms with Gasteiger partial charge in [0, 0.05) is 19.7 Å². The Labute approximate surface area is 111 Å². The maximum absolute atomic E-state index is 12.4. The number of rotatable bonds is 2. The third kappa shape index (κ3) is 2.23. The number of oxazole rings is 1. The van der Waals surface area contributed by atoms with Gasteiger partial charge in [0.2, 0.25) is 0 Å². The van der Waals surface area contributed by atoms with E-state index in [0.717, 1.165) is 25.1 Å². The number of amides is 1. The van der Waals surface area contributed by atoms with Crippen molar-refractivity contribution in [1.29, 1.82) is 0 Å². The van der Waals surface area contributed by atoms with Crippen LogP contribution >= 0.6 is 0 Å². The highest BCUT2D eigenvalue weighted by Gasteiger charge is 2.32. The third-order valence-corrected chi connectivity index (χ3v) is 3.38. The van der Waals surface area contributed by atoms with Crippen LogP contribution in [0.15, 0.2) is 35.1 Å². The quantitative estimate of drug-likeness (QED) is 0.828. The van der Waals surface area contributed by atoms with Crippen LogP contribution in [0.25, 0.3) is 0 Å². The molecule has 2 aromatic rings. The summed E-state index contributed by atoms with van der Waals surface area (Å²) in [5.74, 6) is 0.432.